The Labute approximate surface area is 130 Å². The zero-order valence-corrected chi connectivity index (χ0v) is 13.4. The van der Waals surface area contributed by atoms with Crippen LogP contribution >= 0.6 is 11.6 Å². The van der Waals surface area contributed by atoms with E-state index in [9.17, 15) is 0 Å². The Bertz CT molecular complexity index is 630. The zero-order valence-electron chi connectivity index (χ0n) is 12.7. The number of halogens is 1. The van der Waals surface area contributed by atoms with E-state index in [0.717, 1.165) is 11.1 Å². The molecule has 0 saturated carbocycles. The third-order valence-corrected chi connectivity index (χ3v) is 3.37. The van der Waals surface area contributed by atoms with Crippen molar-refractivity contribution in [1.82, 2.24) is 9.97 Å². The van der Waals surface area contributed by atoms with Crippen LogP contribution in [0.15, 0.2) is 24.3 Å². The number of hydrogen-bond acceptors (Lipinski definition) is 4. The molecule has 0 unspecified atom stereocenters. The highest BCUT2D eigenvalue weighted by atomic mass is 35.5. The monoisotopic (exact) mass is 306 g/mol. The van der Waals surface area contributed by atoms with Gasteiger partial charge in [0.05, 0.1) is 6.61 Å². The van der Waals surface area contributed by atoms with Gasteiger partial charge in [-0.3, -0.25) is 0 Å². The minimum Gasteiger partial charge on any atom is -0.439 e. The smallest absolute Gasteiger partial charge is 0.226 e. The Morgan fingerprint density at radius 1 is 1.24 bits per heavy atom. The third kappa shape index (κ3) is 3.93. The molecular formula is C16H19ClN2O2. The van der Waals surface area contributed by atoms with Gasteiger partial charge < -0.3 is 9.47 Å². The molecule has 1 heterocycles. The van der Waals surface area contributed by atoms with Crippen molar-refractivity contribution < 1.29 is 9.47 Å². The molecule has 112 valence electrons. The van der Waals surface area contributed by atoms with Crippen LogP contribution in [0.2, 0.25) is 5.15 Å². The van der Waals surface area contributed by atoms with Crippen molar-refractivity contribution in [3.63, 3.8) is 0 Å². The molecule has 0 atom stereocenters. The van der Waals surface area contributed by atoms with Crippen molar-refractivity contribution in [1.29, 1.82) is 0 Å². The number of aromatic nitrogens is 2. The number of benzene rings is 1. The van der Waals surface area contributed by atoms with E-state index in [1.807, 2.05) is 45.0 Å². The molecule has 5 heteroatoms. The lowest BCUT2D eigenvalue weighted by Gasteiger charge is -2.12. The first kappa shape index (κ1) is 15.7. The normalized spacial score (nSPS) is 11.0. The van der Waals surface area contributed by atoms with Crippen LogP contribution in [0.4, 0.5) is 0 Å². The molecule has 0 fully saturated rings. The lowest BCUT2D eigenvalue weighted by molar-refractivity contribution is 0.184. The fourth-order valence-corrected chi connectivity index (χ4v) is 1.99. The molecule has 0 aliphatic rings. The number of ether oxygens (including phenoxy) is 2. The summed E-state index contributed by atoms with van der Waals surface area (Å²) in [7, 11) is 1.66. The van der Waals surface area contributed by atoms with Crippen molar-refractivity contribution in [3.8, 4) is 11.6 Å². The lowest BCUT2D eigenvalue weighted by atomic mass is 10.2. The van der Waals surface area contributed by atoms with Crippen LogP contribution in [0.1, 0.15) is 36.7 Å². The molecular weight excluding hydrogens is 288 g/mol. The predicted octanol–water partition coefficient (Wildman–Crippen LogP) is 4.50. The van der Waals surface area contributed by atoms with Gasteiger partial charge in [-0.2, -0.15) is 4.98 Å². The largest absolute Gasteiger partial charge is 0.439 e. The standard InChI is InChI=1S/C16H19ClN2O2/c1-10(2)15-18-14(17)11(3)16(19-15)21-13-7-5-6-12(8-13)9-20-4/h5-8,10H,9H2,1-4H3. The number of hydrogen-bond donors (Lipinski definition) is 0. The van der Waals surface area contributed by atoms with Gasteiger partial charge in [0.15, 0.2) is 0 Å². The zero-order chi connectivity index (χ0) is 15.4. The first-order valence-corrected chi connectivity index (χ1v) is 7.18. The first-order valence-electron chi connectivity index (χ1n) is 6.81. The highest BCUT2D eigenvalue weighted by Crippen LogP contribution is 2.29. The fraction of sp³-hybridized carbons (Fsp3) is 0.375. The second kappa shape index (κ2) is 6.87. The minimum atomic E-state index is 0.185. The minimum absolute atomic E-state index is 0.185. The maximum atomic E-state index is 6.16. The van der Waals surface area contributed by atoms with Gasteiger partial charge in [-0.1, -0.05) is 37.6 Å². The highest BCUT2D eigenvalue weighted by Gasteiger charge is 2.13. The maximum absolute atomic E-state index is 6.16. The summed E-state index contributed by atoms with van der Waals surface area (Å²) in [4.78, 5) is 8.73. The number of rotatable bonds is 5. The Morgan fingerprint density at radius 3 is 2.67 bits per heavy atom. The van der Waals surface area contributed by atoms with Crippen molar-refractivity contribution >= 4 is 11.6 Å². The van der Waals surface area contributed by atoms with Crippen molar-refractivity contribution in [3.05, 3.63) is 46.4 Å². The quantitative estimate of drug-likeness (QED) is 0.763. The summed E-state index contributed by atoms with van der Waals surface area (Å²) in [5.74, 6) is 2.06. The summed E-state index contributed by atoms with van der Waals surface area (Å²) >= 11 is 6.16. The maximum Gasteiger partial charge on any atom is 0.226 e. The fourth-order valence-electron chi connectivity index (χ4n) is 1.82. The topological polar surface area (TPSA) is 44.2 Å². The second-order valence-electron chi connectivity index (χ2n) is 5.14. The molecule has 0 aliphatic heterocycles. The van der Waals surface area contributed by atoms with Crippen molar-refractivity contribution in [2.75, 3.05) is 7.11 Å². The molecule has 0 amide bonds. The van der Waals surface area contributed by atoms with Gasteiger partial charge in [-0.05, 0) is 24.6 Å². The molecule has 0 bridgehead atoms. The number of nitrogens with zero attached hydrogens (tertiary/aromatic N) is 2. The van der Waals surface area contributed by atoms with Gasteiger partial charge in [0.2, 0.25) is 5.88 Å². The molecule has 2 rings (SSSR count). The predicted molar refractivity (Wildman–Crippen MR) is 83.1 cm³/mol. The molecule has 1 aromatic heterocycles. The van der Waals surface area contributed by atoms with Gasteiger partial charge in [-0.25, -0.2) is 4.98 Å². The average molecular weight is 307 g/mol. The summed E-state index contributed by atoms with van der Waals surface area (Å²) in [5, 5.41) is 0.428. The van der Waals surface area contributed by atoms with Crippen LogP contribution in [-0.4, -0.2) is 17.1 Å². The molecule has 0 aliphatic carbocycles. The molecule has 2 aromatic rings. The third-order valence-electron chi connectivity index (χ3n) is 3.00. The van der Waals surface area contributed by atoms with Crippen LogP contribution in [0.3, 0.4) is 0 Å². The molecule has 0 radical (unpaired) electrons. The Morgan fingerprint density at radius 2 is 2.00 bits per heavy atom. The van der Waals surface area contributed by atoms with Crippen molar-refractivity contribution in [2.24, 2.45) is 0 Å². The molecule has 1 aromatic carbocycles. The van der Waals surface area contributed by atoms with Crippen LogP contribution in [0, 0.1) is 6.92 Å². The van der Waals surface area contributed by atoms with E-state index in [1.54, 1.807) is 7.11 Å². The van der Waals surface area contributed by atoms with E-state index < -0.39 is 0 Å². The summed E-state index contributed by atoms with van der Waals surface area (Å²) < 4.78 is 11.0. The van der Waals surface area contributed by atoms with E-state index >= 15 is 0 Å². The molecule has 0 spiro atoms. The van der Waals surface area contributed by atoms with Crippen LogP contribution in [0.25, 0.3) is 0 Å². The summed E-state index contributed by atoms with van der Waals surface area (Å²) in [6, 6.07) is 7.71. The summed E-state index contributed by atoms with van der Waals surface area (Å²) in [6.07, 6.45) is 0. The van der Waals surface area contributed by atoms with Crippen molar-refractivity contribution in [2.45, 2.75) is 33.3 Å². The molecule has 21 heavy (non-hydrogen) atoms. The van der Waals surface area contributed by atoms with Crippen LogP contribution in [-0.2, 0) is 11.3 Å². The van der Waals surface area contributed by atoms with Crippen LogP contribution in [0.5, 0.6) is 11.6 Å². The SMILES string of the molecule is COCc1cccc(Oc2nc(C(C)C)nc(Cl)c2C)c1. The Hall–Kier alpha value is -1.65. The van der Waals surface area contributed by atoms with E-state index in [2.05, 4.69) is 9.97 Å². The molecule has 0 N–H and O–H groups in total. The van der Waals surface area contributed by atoms with E-state index in [-0.39, 0.29) is 5.92 Å². The second-order valence-corrected chi connectivity index (χ2v) is 5.50. The van der Waals surface area contributed by atoms with E-state index in [0.29, 0.717) is 29.2 Å². The molecule has 4 nitrogen and oxygen atoms in total. The van der Waals surface area contributed by atoms with E-state index in [4.69, 9.17) is 21.1 Å². The lowest BCUT2D eigenvalue weighted by Crippen LogP contribution is -2.02. The van der Waals surface area contributed by atoms with Gasteiger partial charge in [0.1, 0.15) is 16.7 Å². The first-order chi connectivity index (χ1) is 10.0. The van der Waals surface area contributed by atoms with Gasteiger partial charge in [0.25, 0.3) is 0 Å². The van der Waals surface area contributed by atoms with Gasteiger partial charge in [0, 0.05) is 18.6 Å². The van der Waals surface area contributed by atoms with Gasteiger partial charge in [-0.15, -0.1) is 0 Å². The Kier molecular flexibility index (Phi) is 5.15. The van der Waals surface area contributed by atoms with Crippen LogP contribution < -0.4 is 4.74 Å². The summed E-state index contributed by atoms with van der Waals surface area (Å²) in [5.41, 5.74) is 1.77. The molecule has 0 saturated heterocycles. The van der Waals surface area contributed by atoms with E-state index in [1.165, 1.54) is 0 Å². The highest BCUT2D eigenvalue weighted by molar-refractivity contribution is 6.30. The average Bonchev–Trinajstić information content (AvgIpc) is 2.44. The number of methoxy groups -OCH3 is 1. The Balaban J connectivity index is 2.32. The van der Waals surface area contributed by atoms with Gasteiger partial charge >= 0.3 is 0 Å². The summed E-state index contributed by atoms with van der Waals surface area (Å²) in [6.45, 7) is 6.42.